The summed E-state index contributed by atoms with van der Waals surface area (Å²) in [5.74, 6) is -0.162. The molecular formula is C13H18N2O4S. The standard InChI is InChI=1S/C13H18N2O4S/c1-8-3-6-11(12(7-8)20(14,17)18)19-9(2)13(16)15-10-4-5-10/h3,6-7,9-10H,4-5H2,1-2H3,(H,15,16)(H2,14,17,18). The van der Waals surface area contributed by atoms with Crippen LogP contribution in [-0.2, 0) is 14.8 Å². The molecule has 1 saturated carbocycles. The molecule has 1 aliphatic carbocycles. The van der Waals surface area contributed by atoms with E-state index >= 15 is 0 Å². The lowest BCUT2D eigenvalue weighted by Gasteiger charge is -2.16. The predicted octanol–water partition coefficient (Wildman–Crippen LogP) is 0.688. The fourth-order valence-electron chi connectivity index (χ4n) is 1.73. The first-order valence-electron chi connectivity index (χ1n) is 6.38. The molecule has 2 rings (SSSR count). The summed E-state index contributed by atoms with van der Waals surface area (Å²) in [7, 11) is -3.89. The molecular weight excluding hydrogens is 280 g/mol. The summed E-state index contributed by atoms with van der Waals surface area (Å²) in [4.78, 5) is 11.7. The van der Waals surface area contributed by atoms with E-state index in [0.717, 1.165) is 18.4 Å². The molecule has 1 aromatic carbocycles. The first-order valence-corrected chi connectivity index (χ1v) is 7.92. The Balaban J connectivity index is 2.17. The van der Waals surface area contributed by atoms with Crippen LogP contribution in [0.1, 0.15) is 25.3 Å². The van der Waals surface area contributed by atoms with Crippen LogP contribution in [0.25, 0.3) is 0 Å². The molecule has 0 heterocycles. The van der Waals surface area contributed by atoms with Crippen molar-refractivity contribution in [2.75, 3.05) is 0 Å². The molecule has 0 radical (unpaired) electrons. The number of ether oxygens (including phenoxy) is 1. The molecule has 110 valence electrons. The SMILES string of the molecule is Cc1ccc(OC(C)C(=O)NC2CC2)c(S(N)(=O)=O)c1. The van der Waals surface area contributed by atoms with Crippen LogP contribution in [0.2, 0.25) is 0 Å². The van der Waals surface area contributed by atoms with Crippen molar-refractivity contribution < 1.29 is 17.9 Å². The van der Waals surface area contributed by atoms with E-state index in [-0.39, 0.29) is 22.6 Å². The van der Waals surface area contributed by atoms with Crippen molar-refractivity contribution in [3.8, 4) is 5.75 Å². The highest BCUT2D eigenvalue weighted by atomic mass is 32.2. The van der Waals surface area contributed by atoms with Gasteiger partial charge in [-0.05, 0) is 44.4 Å². The van der Waals surface area contributed by atoms with E-state index in [9.17, 15) is 13.2 Å². The molecule has 6 nitrogen and oxygen atoms in total. The van der Waals surface area contributed by atoms with Crippen LogP contribution in [0.3, 0.4) is 0 Å². The minimum absolute atomic E-state index is 0.0940. The van der Waals surface area contributed by atoms with Crippen molar-refractivity contribution in [3.05, 3.63) is 23.8 Å². The largest absolute Gasteiger partial charge is 0.479 e. The van der Waals surface area contributed by atoms with Crippen LogP contribution in [-0.4, -0.2) is 26.5 Å². The lowest BCUT2D eigenvalue weighted by molar-refractivity contribution is -0.127. The summed E-state index contributed by atoms with van der Waals surface area (Å²) in [6.45, 7) is 3.33. The fraction of sp³-hybridized carbons (Fsp3) is 0.462. The minimum atomic E-state index is -3.89. The van der Waals surface area contributed by atoms with E-state index in [0.29, 0.717) is 0 Å². The van der Waals surface area contributed by atoms with Crippen molar-refractivity contribution in [1.29, 1.82) is 0 Å². The van der Waals surface area contributed by atoms with Gasteiger partial charge in [0.1, 0.15) is 10.6 Å². The zero-order valence-corrected chi connectivity index (χ0v) is 12.2. The van der Waals surface area contributed by atoms with E-state index in [1.807, 2.05) is 0 Å². The summed E-state index contributed by atoms with van der Waals surface area (Å²) in [6.07, 6.45) is 1.18. The third kappa shape index (κ3) is 3.71. The summed E-state index contributed by atoms with van der Waals surface area (Å²) in [5, 5.41) is 7.96. The first-order chi connectivity index (χ1) is 9.27. The van der Waals surface area contributed by atoms with Gasteiger partial charge < -0.3 is 10.1 Å². The molecule has 0 aromatic heterocycles. The lowest BCUT2D eigenvalue weighted by Crippen LogP contribution is -2.37. The second kappa shape index (κ2) is 5.41. The molecule has 1 aromatic rings. The molecule has 1 aliphatic rings. The molecule has 20 heavy (non-hydrogen) atoms. The highest BCUT2D eigenvalue weighted by Gasteiger charge is 2.27. The molecule has 3 N–H and O–H groups in total. The number of carbonyl (C=O) groups is 1. The number of nitrogens with two attached hydrogens (primary N) is 1. The second-order valence-corrected chi connectivity index (χ2v) is 6.57. The Labute approximate surface area is 118 Å². The summed E-state index contributed by atoms with van der Waals surface area (Å²) in [6, 6.07) is 4.87. The van der Waals surface area contributed by atoms with Crippen LogP contribution in [0.4, 0.5) is 0 Å². The van der Waals surface area contributed by atoms with Crippen LogP contribution in [0, 0.1) is 6.92 Å². The molecule has 0 bridgehead atoms. The van der Waals surface area contributed by atoms with Gasteiger partial charge in [0.15, 0.2) is 6.10 Å². The van der Waals surface area contributed by atoms with Gasteiger partial charge in [-0.3, -0.25) is 4.79 Å². The van der Waals surface area contributed by atoms with Gasteiger partial charge in [-0.25, -0.2) is 13.6 Å². The number of benzene rings is 1. The average Bonchev–Trinajstić information content (AvgIpc) is 3.13. The Bertz CT molecular complexity index is 623. The van der Waals surface area contributed by atoms with Crippen molar-refractivity contribution in [2.24, 2.45) is 5.14 Å². The van der Waals surface area contributed by atoms with Gasteiger partial charge in [-0.15, -0.1) is 0 Å². The van der Waals surface area contributed by atoms with E-state index in [2.05, 4.69) is 5.32 Å². The second-order valence-electron chi connectivity index (χ2n) is 5.04. The van der Waals surface area contributed by atoms with Crippen molar-refractivity contribution in [2.45, 2.75) is 43.7 Å². The van der Waals surface area contributed by atoms with Crippen LogP contribution in [0.15, 0.2) is 23.1 Å². The lowest BCUT2D eigenvalue weighted by atomic mass is 10.2. The van der Waals surface area contributed by atoms with Crippen LogP contribution >= 0.6 is 0 Å². The summed E-state index contributed by atoms with van der Waals surface area (Å²) < 4.78 is 28.5. The quantitative estimate of drug-likeness (QED) is 0.835. The topological polar surface area (TPSA) is 98.5 Å². The first kappa shape index (κ1) is 14.8. The molecule has 0 spiro atoms. The monoisotopic (exact) mass is 298 g/mol. The normalized spacial score (nSPS) is 16.6. The number of aryl methyl sites for hydroxylation is 1. The number of primary sulfonamides is 1. The maximum atomic E-state index is 11.8. The third-order valence-corrected chi connectivity index (χ3v) is 3.93. The van der Waals surface area contributed by atoms with Crippen molar-refractivity contribution in [3.63, 3.8) is 0 Å². The van der Waals surface area contributed by atoms with Gasteiger partial charge in [-0.1, -0.05) is 6.07 Å². The highest BCUT2D eigenvalue weighted by Crippen LogP contribution is 2.25. The molecule has 1 fully saturated rings. The maximum absolute atomic E-state index is 11.8. The Morgan fingerprint density at radius 2 is 2.10 bits per heavy atom. The Kier molecular flexibility index (Phi) is 4.01. The van der Waals surface area contributed by atoms with Crippen molar-refractivity contribution in [1.82, 2.24) is 5.32 Å². The number of sulfonamides is 1. The Morgan fingerprint density at radius 1 is 1.45 bits per heavy atom. The number of hydrogen-bond donors (Lipinski definition) is 2. The third-order valence-electron chi connectivity index (χ3n) is 3.00. The van der Waals surface area contributed by atoms with E-state index in [1.54, 1.807) is 19.9 Å². The summed E-state index contributed by atoms with van der Waals surface area (Å²) >= 11 is 0. The summed E-state index contributed by atoms with van der Waals surface area (Å²) in [5.41, 5.74) is 0.747. The van der Waals surface area contributed by atoms with Gasteiger partial charge in [0.05, 0.1) is 0 Å². The van der Waals surface area contributed by atoms with Gasteiger partial charge in [-0.2, -0.15) is 0 Å². The predicted molar refractivity (Wildman–Crippen MR) is 73.8 cm³/mol. The molecule has 1 amide bonds. The zero-order valence-electron chi connectivity index (χ0n) is 11.4. The number of carbonyl (C=O) groups excluding carboxylic acids is 1. The fourth-order valence-corrected chi connectivity index (χ4v) is 2.47. The van der Waals surface area contributed by atoms with E-state index in [1.165, 1.54) is 12.1 Å². The van der Waals surface area contributed by atoms with Crippen LogP contribution in [0.5, 0.6) is 5.75 Å². The van der Waals surface area contributed by atoms with Gasteiger partial charge in [0.25, 0.3) is 5.91 Å². The smallest absolute Gasteiger partial charge is 0.260 e. The molecule has 1 unspecified atom stereocenters. The van der Waals surface area contributed by atoms with Crippen molar-refractivity contribution >= 4 is 15.9 Å². The van der Waals surface area contributed by atoms with Crippen LogP contribution < -0.4 is 15.2 Å². The van der Waals surface area contributed by atoms with Gasteiger partial charge in [0.2, 0.25) is 10.0 Å². The Morgan fingerprint density at radius 3 is 2.65 bits per heavy atom. The van der Waals surface area contributed by atoms with Gasteiger partial charge in [0, 0.05) is 6.04 Å². The highest BCUT2D eigenvalue weighted by molar-refractivity contribution is 7.89. The Hall–Kier alpha value is -1.60. The molecule has 0 aliphatic heterocycles. The molecule has 7 heteroatoms. The molecule has 1 atom stereocenters. The number of nitrogens with one attached hydrogen (secondary N) is 1. The number of rotatable bonds is 5. The zero-order chi connectivity index (χ0) is 14.9. The van der Waals surface area contributed by atoms with E-state index in [4.69, 9.17) is 9.88 Å². The minimum Gasteiger partial charge on any atom is -0.479 e. The van der Waals surface area contributed by atoms with E-state index < -0.39 is 16.1 Å². The average molecular weight is 298 g/mol. The number of hydrogen-bond acceptors (Lipinski definition) is 4. The van der Waals surface area contributed by atoms with Gasteiger partial charge >= 0.3 is 0 Å². The maximum Gasteiger partial charge on any atom is 0.260 e. The number of amides is 1. The molecule has 0 saturated heterocycles.